The van der Waals surface area contributed by atoms with Crippen LogP contribution in [0.1, 0.15) is 15.9 Å². The van der Waals surface area contributed by atoms with E-state index in [0.29, 0.717) is 23.7 Å². The number of aryl methyl sites for hydroxylation is 1. The normalized spacial score (nSPS) is 13.3. The molecule has 0 aliphatic carbocycles. The van der Waals surface area contributed by atoms with Crippen molar-refractivity contribution in [2.45, 2.75) is 6.61 Å². The van der Waals surface area contributed by atoms with Gasteiger partial charge in [0.25, 0.3) is 0 Å². The molecule has 0 radical (unpaired) electrons. The van der Waals surface area contributed by atoms with Crippen molar-refractivity contribution >= 4 is 5.78 Å². The van der Waals surface area contributed by atoms with E-state index in [0.717, 1.165) is 5.56 Å². The molecule has 0 saturated heterocycles. The molecule has 1 aliphatic rings. The molecule has 5 heteroatoms. The number of rotatable bonds is 3. The molecule has 0 N–H and O–H groups in total. The first-order chi connectivity index (χ1) is 8.72. The molecule has 0 saturated carbocycles. The van der Waals surface area contributed by atoms with E-state index < -0.39 is 0 Å². The molecule has 18 heavy (non-hydrogen) atoms. The fourth-order valence-electron chi connectivity index (χ4n) is 1.88. The van der Waals surface area contributed by atoms with Crippen LogP contribution in [0.5, 0.6) is 11.5 Å². The van der Waals surface area contributed by atoms with Gasteiger partial charge in [-0.25, -0.2) is 0 Å². The van der Waals surface area contributed by atoms with Gasteiger partial charge in [0.05, 0.1) is 11.8 Å². The molecule has 0 spiro atoms. The van der Waals surface area contributed by atoms with Crippen molar-refractivity contribution in [1.82, 2.24) is 9.78 Å². The Morgan fingerprint density at radius 3 is 3.17 bits per heavy atom. The number of aromatic nitrogens is 2. The summed E-state index contributed by atoms with van der Waals surface area (Å²) in [5, 5.41) is 4.06. The van der Waals surface area contributed by atoms with E-state index in [9.17, 15) is 4.79 Å². The predicted molar refractivity (Wildman–Crippen MR) is 63.8 cm³/mol. The van der Waals surface area contributed by atoms with E-state index in [1.54, 1.807) is 29.1 Å². The van der Waals surface area contributed by atoms with Gasteiger partial charge in [0.2, 0.25) is 5.78 Å². The van der Waals surface area contributed by atoms with E-state index in [1.807, 2.05) is 13.2 Å². The predicted octanol–water partition coefficient (Wildman–Crippen LogP) is 1.57. The van der Waals surface area contributed by atoms with E-state index >= 15 is 0 Å². The Labute approximate surface area is 104 Å². The minimum Gasteiger partial charge on any atom is -0.489 e. The van der Waals surface area contributed by atoms with Gasteiger partial charge in [-0.2, -0.15) is 5.10 Å². The molecule has 1 aromatic heterocycles. The topological polar surface area (TPSA) is 53.4 Å². The van der Waals surface area contributed by atoms with Crippen LogP contribution in [0.15, 0.2) is 30.6 Å². The summed E-state index contributed by atoms with van der Waals surface area (Å²) in [6, 6.07) is 5.27. The van der Waals surface area contributed by atoms with Gasteiger partial charge in [-0.3, -0.25) is 9.48 Å². The van der Waals surface area contributed by atoms with E-state index in [1.165, 1.54) is 0 Å². The number of carbonyl (C=O) groups is 1. The summed E-state index contributed by atoms with van der Waals surface area (Å²) in [6.07, 6.45) is 3.65. The summed E-state index contributed by atoms with van der Waals surface area (Å²) in [6.45, 7) is 0.571. The lowest BCUT2D eigenvalue weighted by Gasteiger charge is -2.05. The van der Waals surface area contributed by atoms with Gasteiger partial charge >= 0.3 is 0 Å². The highest BCUT2D eigenvalue weighted by molar-refractivity contribution is 6.02. The third kappa shape index (κ3) is 1.95. The van der Waals surface area contributed by atoms with Crippen molar-refractivity contribution in [3.8, 4) is 11.5 Å². The molecule has 0 unspecified atom stereocenters. The second-order valence-electron chi connectivity index (χ2n) is 4.18. The molecule has 1 aliphatic heterocycles. The highest BCUT2D eigenvalue weighted by Crippen LogP contribution is 2.29. The number of hydrogen-bond donors (Lipinski definition) is 0. The summed E-state index contributed by atoms with van der Waals surface area (Å²) >= 11 is 0. The second kappa shape index (κ2) is 4.18. The average Bonchev–Trinajstić information content (AvgIpc) is 2.94. The molecular weight excluding hydrogens is 232 g/mol. The van der Waals surface area contributed by atoms with Crippen molar-refractivity contribution in [3.63, 3.8) is 0 Å². The molecule has 1 aromatic carbocycles. The Hall–Kier alpha value is -2.30. The third-order valence-corrected chi connectivity index (χ3v) is 2.78. The molecule has 0 amide bonds. The Kier molecular flexibility index (Phi) is 2.51. The zero-order chi connectivity index (χ0) is 12.5. The highest BCUT2D eigenvalue weighted by atomic mass is 16.5. The lowest BCUT2D eigenvalue weighted by Crippen LogP contribution is -1.98. The van der Waals surface area contributed by atoms with Gasteiger partial charge in [0, 0.05) is 24.9 Å². The molecule has 2 heterocycles. The monoisotopic (exact) mass is 244 g/mol. The lowest BCUT2D eigenvalue weighted by molar-refractivity contribution is 0.0961. The van der Waals surface area contributed by atoms with Crippen molar-refractivity contribution in [2.75, 3.05) is 6.61 Å². The SMILES string of the molecule is Cn1cc(COc2ccc3c(c2)OCC3=O)cn1. The summed E-state index contributed by atoms with van der Waals surface area (Å²) in [5.41, 5.74) is 1.62. The fourth-order valence-corrected chi connectivity index (χ4v) is 1.88. The van der Waals surface area contributed by atoms with Crippen LogP contribution in [0, 0.1) is 0 Å². The summed E-state index contributed by atoms with van der Waals surface area (Å²) in [4.78, 5) is 11.4. The van der Waals surface area contributed by atoms with Crippen LogP contribution in [-0.4, -0.2) is 22.2 Å². The van der Waals surface area contributed by atoms with Crippen molar-refractivity contribution in [3.05, 3.63) is 41.7 Å². The van der Waals surface area contributed by atoms with Crippen molar-refractivity contribution < 1.29 is 14.3 Å². The van der Waals surface area contributed by atoms with Crippen LogP contribution in [0.2, 0.25) is 0 Å². The van der Waals surface area contributed by atoms with Crippen LogP contribution < -0.4 is 9.47 Å². The number of Topliss-reactive ketones (excluding diaryl/α,β-unsaturated/α-hetero) is 1. The molecule has 92 valence electrons. The van der Waals surface area contributed by atoms with Crippen molar-refractivity contribution in [1.29, 1.82) is 0 Å². The van der Waals surface area contributed by atoms with Gasteiger partial charge in [-0.05, 0) is 12.1 Å². The van der Waals surface area contributed by atoms with E-state index in [-0.39, 0.29) is 12.4 Å². The van der Waals surface area contributed by atoms with Crippen LogP contribution in [0.25, 0.3) is 0 Å². The van der Waals surface area contributed by atoms with Gasteiger partial charge < -0.3 is 9.47 Å². The number of ether oxygens (including phenoxy) is 2. The zero-order valence-electron chi connectivity index (χ0n) is 9.92. The molecule has 0 fully saturated rings. The van der Waals surface area contributed by atoms with Crippen LogP contribution in [0.4, 0.5) is 0 Å². The summed E-state index contributed by atoms with van der Waals surface area (Å²) in [7, 11) is 1.86. The Bertz CT molecular complexity index is 604. The van der Waals surface area contributed by atoms with Crippen LogP contribution in [0.3, 0.4) is 0 Å². The number of carbonyl (C=O) groups excluding carboxylic acids is 1. The van der Waals surface area contributed by atoms with E-state index in [2.05, 4.69) is 5.10 Å². The Morgan fingerprint density at radius 2 is 2.39 bits per heavy atom. The second-order valence-corrected chi connectivity index (χ2v) is 4.18. The van der Waals surface area contributed by atoms with E-state index in [4.69, 9.17) is 9.47 Å². The maximum atomic E-state index is 11.4. The van der Waals surface area contributed by atoms with Crippen LogP contribution in [-0.2, 0) is 13.7 Å². The van der Waals surface area contributed by atoms with Crippen molar-refractivity contribution in [2.24, 2.45) is 7.05 Å². The Morgan fingerprint density at radius 1 is 1.50 bits per heavy atom. The molecule has 3 rings (SSSR count). The maximum absolute atomic E-state index is 11.4. The summed E-state index contributed by atoms with van der Waals surface area (Å²) in [5.74, 6) is 1.31. The smallest absolute Gasteiger partial charge is 0.203 e. The average molecular weight is 244 g/mol. The zero-order valence-corrected chi connectivity index (χ0v) is 9.92. The molecule has 0 bridgehead atoms. The number of ketones is 1. The molecular formula is C13H12N2O3. The molecule has 5 nitrogen and oxygen atoms in total. The first-order valence-corrected chi connectivity index (χ1v) is 5.63. The first-order valence-electron chi connectivity index (χ1n) is 5.63. The summed E-state index contributed by atoms with van der Waals surface area (Å²) < 4.78 is 12.6. The third-order valence-electron chi connectivity index (χ3n) is 2.78. The lowest BCUT2D eigenvalue weighted by atomic mass is 10.1. The maximum Gasteiger partial charge on any atom is 0.203 e. The number of benzene rings is 1. The largest absolute Gasteiger partial charge is 0.489 e. The minimum absolute atomic E-state index is 0.0174. The van der Waals surface area contributed by atoms with Gasteiger partial charge in [-0.1, -0.05) is 0 Å². The minimum atomic E-state index is 0.0174. The molecule has 2 aromatic rings. The van der Waals surface area contributed by atoms with Gasteiger partial charge in [0.15, 0.2) is 6.61 Å². The number of fused-ring (bicyclic) bond motifs is 1. The quantitative estimate of drug-likeness (QED) is 0.822. The standard InChI is InChI=1S/C13H12N2O3/c1-15-6-9(5-14-15)7-17-10-2-3-11-12(16)8-18-13(11)4-10/h2-6H,7-8H2,1H3. The number of nitrogens with zero attached hydrogens (tertiary/aromatic N) is 2. The van der Waals surface area contributed by atoms with Gasteiger partial charge in [0.1, 0.15) is 18.1 Å². The fraction of sp³-hybridized carbons (Fsp3) is 0.231. The number of hydrogen-bond acceptors (Lipinski definition) is 4. The first kappa shape index (κ1) is 10.8. The van der Waals surface area contributed by atoms with Crippen LogP contribution >= 0.6 is 0 Å². The Balaban J connectivity index is 1.72. The molecule has 0 atom stereocenters. The highest BCUT2D eigenvalue weighted by Gasteiger charge is 2.21. The van der Waals surface area contributed by atoms with Gasteiger partial charge in [-0.15, -0.1) is 0 Å².